The van der Waals surface area contributed by atoms with Crippen LogP contribution in [0.4, 0.5) is 21.9 Å². The number of aryl methyl sites for hydroxylation is 1. The number of benzene rings is 2. The number of rotatable bonds is 9. The maximum atomic E-state index is 13.6. The van der Waals surface area contributed by atoms with Gasteiger partial charge in [0.25, 0.3) is 11.8 Å². The maximum absolute atomic E-state index is 13.6. The molecule has 2 fully saturated rings. The fourth-order valence-electron chi connectivity index (χ4n) is 5.93. The lowest BCUT2D eigenvalue weighted by atomic mass is 10.1. The van der Waals surface area contributed by atoms with Crippen LogP contribution in [0.25, 0.3) is 10.2 Å². The second kappa shape index (κ2) is 11.8. The van der Waals surface area contributed by atoms with Crippen molar-refractivity contribution >= 4 is 63.2 Å². The Morgan fingerprint density at radius 1 is 1.13 bits per heavy atom. The number of aromatic nitrogens is 1. The Labute approximate surface area is 264 Å². The van der Waals surface area contributed by atoms with Crippen molar-refractivity contribution in [1.29, 1.82) is 0 Å². The Morgan fingerprint density at radius 2 is 1.96 bits per heavy atom. The number of hydrogen-bond acceptors (Lipinski definition) is 7. The van der Waals surface area contributed by atoms with Crippen LogP contribution in [0.5, 0.6) is 11.5 Å². The third kappa shape index (κ3) is 5.66. The number of carbonyl (C=O) groups excluding carboxylic acids is 3. The lowest BCUT2D eigenvalue weighted by Crippen LogP contribution is -2.39. The Bertz CT molecular complexity index is 1870. The maximum Gasteiger partial charge on any atom is 0.331 e. The van der Waals surface area contributed by atoms with Crippen molar-refractivity contribution in [3.05, 3.63) is 82.9 Å². The molecule has 2 aromatic carbocycles. The van der Waals surface area contributed by atoms with Crippen LogP contribution >= 0.6 is 11.3 Å². The lowest BCUT2D eigenvalue weighted by Gasteiger charge is -2.29. The number of aliphatic imine (C=N–C) groups is 1. The van der Waals surface area contributed by atoms with Crippen molar-refractivity contribution in [2.45, 2.75) is 32.2 Å². The molecule has 228 valence electrons. The molecule has 3 aliphatic rings. The minimum Gasteiger partial charge on any atom is -0.457 e. The summed E-state index contributed by atoms with van der Waals surface area (Å²) < 4.78 is 5.98. The van der Waals surface area contributed by atoms with Gasteiger partial charge in [-0.1, -0.05) is 24.3 Å². The summed E-state index contributed by atoms with van der Waals surface area (Å²) in [6.45, 7) is 6.74. The molecule has 1 aliphatic carbocycles. The largest absolute Gasteiger partial charge is 0.457 e. The molecule has 7 rings (SSSR count). The van der Waals surface area contributed by atoms with Crippen molar-refractivity contribution in [3.8, 4) is 11.5 Å². The molecule has 1 saturated heterocycles. The average molecular weight is 621 g/mol. The minimum atomic E-state index is -0.370. The molecule has 0 spiro atoms. The van der Waals surface area contributed by atoms with Gasteiger partial charge in [-0.3, -0.25) is 19.5 Å². The Balaban J connectivity index is 1.11. The van der Waals surface area contributed by atoms with Gasteiger partial charge < -0.3 is 20.3 Å². The number of hydrogen-bond donors (Lipinski definition) is 2. The number of pyridine rings is 1. The van der Waals surface area contributed by atoms with E-state index in [1.54, 1.807) is 22.1 Å². The monoisotopic (exact) mass is 620 g/mol. The van der Waals surface area contributed by atoms with Gasteiger partial charge in [-0.2, -0.15) is 0 Å². The molecule has 4 aromatic rings. The van der Waals surface area contributed by atoms with E-state index in [9.17, 15) is 14.4 Å². The van der Waals surface area contributed by atoms with E-state index in [1.807, 2.05) is 61.5 Å². The predicted molar refractivity (Wildman–Crippen MR) is 176 cm³/mol. The van der Waals surface area contributed by atoms with E-state index in [0.717, 1.165) is 24.2 Å². The van der Waals surface area contributed by atoms with Gasteiger partial charge in [0.2, 0.25) is 0 Å². The summed E-state index contributed by atoms with van der Waals surface area (Å²) >= 11 is 1.24. The zero-order chi connectivity index (χ0) is 31.1. The third-order valence-electron chi connectivity index (χ3n) is 8.27. The molecule has 10 nitrogen and oxygen atoms in total. The second-order valence-corrected chi connectivity index (χ2v) is 12.6. The van der Waals surface area contributed by atoms with E-state index in [1.165, 1.54) is 11.3 Å². The number of nitrogens with one attached hydrogen (secondary N) is 2. The van der Waals surface area contributed by atoms with Gasteiger partial charge in [-0.25, -0.2) is 9.78 Å². The summed E-state index contributed by atoms with van der Waals surface area (Å²) in [6, 6.07) is 16.3. The van der Waals surface area contributed by atoms with Gasteiger partial charge in [0, 0.05) is 30.9 Å². The number of anilines is 3. The van der Waals surface area contributed by atoms with Crippen LogP contribution in [-0.2, 0) is 4.79 Å². The van der Waals surface area contributed by atoms with E-state index < -0.39 is 0 Å². The molecule has 1 atom stereocenters. The van der Waals surface area contributed by atoms with Gasteiger partial charge in [-0.05, 0) is 80.8 Å². The zero-order valence-electron chi connectivity index (χ0n) is 24.8. The molecule has 4 heterocycles. The van der Waals surface area contributed by atoms with Gasteiger partial charge in [0.15, 0.2) is 0 Å². The number of urea groups is 1. The molecule has 4 amide bonds. The standard InChI is InChI=1S/C34H32N6O4S/c1-20-16-25(44-24-6-4-3-5-7-24)10-11-26(20)40-27-12-14-36-32-28(27)29(38-34(40)43)30(45-32)31(41)37-23-13-15-39(19-23)33(42)22(18-35-2)17-21-8-9-21/h3-7,10-12,14,16-17,21,23H,2,8-9,13,15,18-19H2,1H3,(H,37,41)(H,38,43)/b22-17+/t23-/m0/s1. The highest BCUT2D eigenvalue weighted by Crippen LogP contribution is 2.46. The highest BCUT2D eigenvalue weighted by atomic mass is 32.1. The first-order valence-corrected chi connectivity index (χ1v) is 15.8. The number of nitrogens with zero attached hydrogens (tertiary/aromatic N) is 4. The Hall–Kier alpha value is -5.03. The Kier molecular flexibility index (Phi) is 7.54. The first-order chi connectivity index (χ1) is 21.9. The van der Waals surface area contributed by atoms with Crippen molar-refractivity contribution in [3.63, 3.8) is 0 Å². The normalized spacial score (nSPS) is 17.8. The second-order valence-electron chi connectivity index (χ2n) is 11.6. The number of thiophene rings is 1. The number of amides is 4. The van der Waals surface area contributed by atoms with Gasteiger partial charge in [0.05, 0.1) is 29.0 Å². The molecule has 0 unspecified atom stereocenters. The SMILES string of the molecule is C=NC/C(=C\C1CC1)C(=O)N1CC[C@H](NC(=O)c2sc3nccc4c3c2NC(=O)N4c2ccc(Oc3ccccc3)cc2C)C1. The smallest absolute Gasteiger partial charge is 0.331 e. The van der Waals surface area contributed by atoms with Crippen molar-refractivity contribution in [2.75, 3.05) is 29.9 Å². The van der Waals surface area contributed by atoms with Crippen molar-refractivity contribution in [2.24, 2.45) is 10.9 Å². The van der Waals surface area contributed by atoms with E-state index >= 15 is 0 Å². The molecule has 0 bridgehead atoms. The molecule has 2 N–H and O–H groups in total. The zero-order valence-corrected chi connectivity index (χ0v) is 25.6. The Morgan fingerprint density at radius 3 is 2.71 bits per heavy atom. The molecule has 0 radical (unpaired) electrons. The summed E-state index contributed by atoms with van der Waals surface area (Å²) in [6.07, 6.45) is 6.52. The first kappa shape index (κ1) is 28.7. The molecular formula is C34H32N6O4S. The van der Waals surface area contributed by atoms with Crippen LogP contribution in [0.3, 0.4) is 0 Å². The molecule has 1 saturated carbocycles. The highest BCUT2D eigenvalue weighted by molar-refractivity contribution is 7.21. The number of para-hydroxylation sites is 1. The number of ether oxygens (including phenoxy) is 1. The van der Waals surface area contributed by atoms with Gasteiger partial charge in [-0.15, -0.1) is 11.3 Å². The summed E-state index contributed by atoms with van der Waals surface area (Å²) in [4.78, 5) is 53.3. The average Bonchev–Trinajstić information content (AvgIpc) is 3.60. The van der Waals surface area contributed by atoms with Crippen LogP contribution in [0.1, 0.15) is 34.5 Å². The fourth-order valence-corrected chi connectivity index (χ4v) is 6.95. The molecule has 2 aliphatic heterocycles. The van der Waals surface area contributed by atoms with Gasteiger partial charge >= 0.3 is 6.03 Å². The fraction of sp³-hybridized carbons (Fsp3) is 0.265. The summed E-state index contributed by atoms with van der Waals surface area (Å²) in [5.74, 6) is 1.50. The quantitative estimate of drug-likeness (QED) is 0.165. The number of carbonyl (C=O) groups is 3. The lowest BCUT2D eigenvalue weighted by molar-refractivity contribution is -0.126. The van der Waals surface area contributed by atoms with Crippen LogP contribution in [0.2, 0.25) is 0 Å². The van der Waals surface area contributed by atoms with E-state index in [4.69, 9.17) is 4.74 Å². The van der Waals surface area contributed by atoms with Crippen LogP contribution in [-0.4, -0.2) is 60.1 Å². The number of likely N-dealkylation sites (tertiary alicyclic amines) is 1. The van der Waals surface area contributed by atoms with E-state index in [2.05, 4.69) is 27.3 Å². The van der Waals surface area contributed by atoms with Gasteiger partial charge in [0.1, 0.15) is 21.2 Å². The number of allylic oxidation sites excluding steroid dienone is 1. The minimum absolute atomic E-state index is 0.0424. The molecule has 2 aromatic heterocycles. The van der Waals surface area contributed by atoms with Crippen LogP contribution in [0, 0.1) is 12.8 Å². The van der Waals surface area contributed by atoms with E-state index in [-0.39, 0.29) is 23.9 Å². The molecular weight excluding hydrogens is 588 g/mol. The molecule has 45 heavy (non-hydrogen) atoms. The topological polar surface area (TPSA) is 116 Å². The highest BCUT2D eigenvalue weighted by Gasteiger charge is 2.35. The van der Waals surface area contributed by atoms with E-state index in [0.29, 0.717) is 75.5 Å². The predicted octanol–water partition coefficient (Wildman–Crippen LogP) is 6.45. The first-order valence-electron chi connectivity index (χ1n) is 15.0. The molecule has 11 heteroatoms. The van der Waals surface area contributed by atoms with Crippen molar-refractivity contribution < 1.29 is 19.1 Å². The summed E-state index contributed by atoms with van der Waals surface area (Å²) in [7, 11) is 0. The summed E-state index contributed by atoms with van der Waals surface area (Å²) in [5, 5.41) is 6.77. The van der Waals surface area contributed by atoms with Crippen LogP contribution in [0.15, 0.2) is 77.4 Å². The van der Waals surface area contributed by atoms with Crippen molar-refractivity contribution in [1.82, 2.24) is 15.2 Å². The summed E-state index contributed by atoms with van der Waals surface area (Å²) in [5.41, 5.74) is 3.32. The van der Waals surface area contributed by atoms with Crippen LogP contribution < -0.4 is 20.3 Å². The third-order valence-corrected chi connectivity index (χ3v) is 9.36.